The maximum atomic E-state index is 13.3. The summed E-state index contributed by atoms with van der Waals surface area (Å²) in [6.45, 7) is 3.82. The first-order valence-corrected chi connectivity index (χ1v) is 6.73. The van der Waals surface area contributed by atoms with Crippen LogP contribution in [0.5, 0.6) is 0 Å². The molecule has 1 N–H and O–H groups in total. The molecule has 0 bridgehead atoms. The molecule has 2 heterocycles. The summed E-state index contributed by atoms with van der Waals surface area (Å²) in [5.74, 6) is 0.544. The Balaban J connectivity index is 1.84. The van der Waals surface area contributed by atoms with Gasteiger partial charge in [-0.05, 0) is 19.1 Å². The first-order valence-electron chi connectivity index (χ1n) is 6.73. The molecule has 1 aliphatic rings. The Morgan fingerprint density at radius 3 is 3.10 bits per heavy atom. The number of benzene rings is 1. The number of imidazole rings is 1. The highest BCUT2D eigenvalue weighted by atomic mass is 19.1. The zero-order chi connectivity index (χ0) is 13.9. The summed E-state index contributed by atoms with van der Waals surface area (Å²) in [4.78, 5) is 6.57. The zero-order valence-corrected chi connectivity index (χ0v) is 11.3. The lowest BCUT2D eigenvalue weighted by molar-refractivity contribution is 0.263. The van der Waals surface area contributed by atoms with Crippen molar-refractivity contribution in [2.24, 2.45) is 0 Å². The van der Waals surface area contributed by atoms with Crippen LogP contribution in [0, 0.1) is 5.82 Å². The molecule has 1 aromatic heterocycles. The maximum absolute atomic E-state index is 13.3. The van der Waals surface area contributed by atoms with Gasteiger partial charge in [0.25, 0.3) is 0 Å². The van der Waals surface area contributed by atoms with Crippen LogP contribution in [0.2, 0.25) is 0 Å². The fourth-order valence-electron chi connectivity index (χ4n) is 2.46. The van der Waals surface area contributed by atoms with Gasteiger partial charge in [0, 0.05) is 36.9 Å². The molecule has 1 atom stereocenters. The van der Waals surface area contributed by atoms with Gasteiger partial charge in [0.05, 0.1) is 6.54 Å². The Morgan fingerprint density at radius 1 is 1.40 bits per heavy atom. The molecule has 1 aromatic carbocycles. The topological polar surface area (TPSA) is 33.1 Å². The fourth-order valence-corrected chi connectivity index (χ4v) is 2.46. The predicted molar refractivity (Wildman–Crippen MR) is 76.1 cm³/mol. The number of hydrogen-bond donors (Lipinski definition) is 1. The average Bonchev–Trinajstić information content (AvgIpc) is 3.08. The quantitative estimate of drug-likeness (QED) is 0.928. The Morgan fingerprint density at radius 2 is 2.30 bits per heavy atom. The maximum Gasteiger partial charge on any atom is 0.140 e. The monoisotopic (exact) mass is 272 g/mol. The molecule has 5 heteroatoms. The van der Waals surface area contributed by atoms with Crippen molar-refractivity contribution in [2.45, 2.75) is 19.6 Å². The lowest BCUT2D eigenvalue weighted by atomic mass is 10.2. The standard InChI is InChI=1S/C15H17FN4/c1-2-19-8-6-17-14(19)11-20-9-7-18-15(20)12-4-3-5-13(16)10-12/h3-10,14,17H,2,11H2,1H3. The molecule has 1 unspecified atom stereocenters. The van der Waals surface area contributed by atoms with E-state index in [1.807, 2.05) is 29.2 Å². The number of rotatable bonds is 4. The molecular weight excluding hydrogens is 255 g/mol. The average molecular weight is 272 g/mol. The predicted octanol–water partition coefficient (Wildman–Crippen LogP) is 2.41. The van der Waals surface area contributed by atoms with Gasteiger partial charge in [-0.1, -0.05) is 12.1 Å². The highest BCUT2D eigenvalue weighted by Gasteiger charge is 2.18. The van der Waals surface area contributed by atoms with Crippen LogP contribution in [0.15, 0.2) is 49.1 Å². The second kappa shape index (κ2) is 5.36. The third kappa shape index (κ3) is 2.39. The summed E-state index contributed by atoms with van der Waals surface area (Å²) in [7, 11) is 0. The van der Waals surface area contributed by atoms with Crippen molar-refractivity contribution >= 4 is 0 Å². The molecule has 0 spiro atoms. The first-order chi connectivity index (χ1) is 9.78. The minimum Gasteiger partial charge on any atom is -0.369 e. The van der Waals surface area contributed by atoms with E-state index in [1.165, 1.54) is 12.1 Å². The van der Waals surface area contributed by atoms with Crippen molar-refractivity contribution in [3.63, 3.8) is 0 Å². The van der Waals surface area contributed by atoms with E-state index < -0.39 is 0 Å². The molecule has 104 valence electrons. The van der Waals surface area contributed by atoms with E-state index in [9.17, 15) is 4.39 Å². The molecular formula is C15H17FN4. The number of halogens is 1. The summed E-state index contributed by atoms with van der Waals surface area (Å²) >= 11 is 0. The highest BCUT2D eigenvalue weighted by Crippen LogP contribution is 2.19. The third-order valence-corrected chi connectivity index (χ3v) is 3.49. The molecule has 4 nitrogen and oxygen atoms in total. The molecule has 0 saturated carbocycles. The molecule has 3 rings (SSSR count). The molecule has 2 aromatic rings. The lowest BCUT2D eigenvalue weighted by Crippen LogP contribution is -2.38. The van der Waals surface area contributed by atoms with E-state index in [2.05, 4.69) is 22.1 Å². The summed E-state index contributed by atoms with van der Waals surface area (Å²) in [6.07, 6.45) is 7.88. The van der Waals surface area contributed by atoms with E-state index in [0.29, 0.717) is 0 Å². The van der Waals surface area contributed by atoms with E-state index in [1.54, 1.807) is 12.3 Å². The van der Waals surface area contributed by atoms with Crippen LogP contribution in [0.3, 0.4) is 0 Å². The van der Waals surface area contributed by atoms with Crippen molar-refractivity contribution in [3.8, 4) is 11.4 Å². The van der Waals surface area contributed by atoms with Crippen LogP contribution in [0.25, 0.3) is 11.4 Å². The van der Waals surface area contributed by atoms with Crippen LogP contribution >= 0.6 is 0 Å². The normalized spacial score (nSPS) is 17.5. The number of nitrogens with zero attached hydrogens (tertiary/aromatic N) is 3. The molecule has 0 aliphatic carbocycles. The van der Waals surface area contributed by atoms with Gasteiger partial charge in [0.1, 0.15) is 17.8 Å². The smallest absolute Gasteiger partial charge is 0.140 e. The Bertz CT molecular complexity index is 620. The second-order valence-corrected chi connectivity index (χ2v) is 4.74. The number of hydrogen-bond acceptors (Lipinski definition) is 3. The van der Waals surface area contributed by atoms with E-state index in [4.69, 9.17) is 0 Å². The van der Waals surface area contributed by atoms with Gasteiger partial charge in [-0.15, -0.1) is 0 Å². The van der Waals surface area contributed by atoms with Crippen molar-refractivity contribution in [2.75, 3.05) is 6.54 Å². The summed E-state index contributed by atoms with van der Waals surface area (Å²) < 4.78 is 15.4. The molecule has 0 saturated heterocycles. The first kappa shape index (κ1) is 12.7. The van der Waals surface area contributed by atoms with Gasteiger partial charge < -0.3 is 14.8 Å². The van der Waals surface area contributed by atoms with Crippen molar-refractivity contribution in [3.05, 3.63) is 54.9 Å². The van der Waals surface area contributed by atoms with E-state index in [-0.39, 0.29) is 12.0 Å². The fraction of sp³-hybridized carbons (Fsp3) is 0.267. The number of nitrogens with one attached hydrogen (secondary N) is 1. The minimum absolute atomic E-state index is 0.210. The van der Waals surface area contributed by atoms with Gasteiger partial charge in [0.15, 0.2) is 0 Å². The molecule has 20 heavy (non-hydrogen) atoms. The second-order valence-electron chi connectivity index (χ2n) is 4.74. The summed E-state index contributed by atoms with van der Waals surface area (Å²) in [6, 6.07) is 6.53. The van der Waals surface area contributed by atoms with Crippen LogP contribution < -0.4 is 5.32 Å². The summed E-state index contributed by atoms with van der Waals surface area (Å²) in [5.41, 5.74) is 0.795. The molecule has 1 aliphatic heterocycles. The van der Waals surface area contributed by atoms with E-state index in [0.717, 1.165) is 24.5 Å². The van der Waals surface area contributed by atoms with Crippen molar-refractivity contribution in [1.29, 1.82) is 0 Å². The van der Waals surface area contributed by atoms with Crippen molar-refractivity contribution in [1.82, 2.24) is 19.8 Å². The van der Waals surface area contributed by atoms with Crippen LogP contribution in [0.4, 0.5) is 4.39 Å². The number of aromatic nitrogens is 2. The van der Waals surface area contributed by atoms with E-state index >= 15 is 0 Å². The van der Waals surface area contributed by atoms with Gasteiger partial charge in [-0.2, -0.15) is 0 Å². The van der Waals surface area contributed by atoms with Gasteiger partial charge >= 0.3 is 0 Å². The van der Waals surface area contributed by atoms with Gasteiger partial charge in [-0.25, -0.2) is 9.37 Å². The minimum atomic E-state index is -0.243. The zero-order valence-electron chi connectivity index (χ0n) is 11.3. The largest absolute Gasteiger partial charge is 0.369 e. The van der Waals surface area contributed by atoms with Crippen LogP contribution in [0.1, 0.15) is 6.92 Å². The summed E-state index contributed by atoms with van der Waals surface area (Å²) in [5, 5.41) is 3.31. The SMILES string of the molecule is CCN1C=CNC1Cn1ccnc1-c1cccc(F)c1. The number of likely N-dealkylation sites (N-methyl/N-ethyl adjacent to an activating group) is 1. The Hall–Kier alpha value is -2.30. The van der Waals surface area contributed by atoms with Crippen LogP contribution in [-0.2, 0) is 6.54 Å². The van der Waals surface area contributed by atoms with Crippen LogP contribution in [-0.4, -0.2) is 27.2 Å². The lowest BCUT2D eigenvalue weighted by Gasteiger charge is -2.25. The van der Waals surface area contributed by atoms with Gasteiger partial charge in [-0.3, -0.25) is 0 Å². The Labute approximate surface area is 117 Å². The third-order valence-electron chi connectivity index (χ3n) is 3.49. The Kier molecular flexibility index (Phi) is 3.41. The van der Waals surface area contributed by atoms with Gasteiger partial charge in [0.2, 0.25) is 0 Å². The molecule has 0 fully saturated rings. The molecule has 0 amide bonds. The van der Waals surface area contributed by atoms with Crippen molar-refractivity contribution < 1.29 is 4.39 Å². The highest BCUT2D eigenvalue weighted by molar-refractivity contribution is 5.55. The molecule has 0 radical (unpaired) electrons.